The Hall–Kier alpha value is -3.35. The van der Waals surface area contributed by atoms with Gasteiger partial charge in [0.25, 0.3) is 0 Å². The molecule has 2 aliphatic rings. The number of rotatable bonds is 42. The van der Waals surface area contributed by atoms with Crippen LogP contribution in [0.1, 0.15) is 168 Å². The monoisotopic (exact) mass is 1040 g/mol. The standard InChI is InChI=1S/C60H99NO13/c1-3-5-7-9-11-13-15-17-18-19-20-21-22-23-24-25-26-27-28-29-30-32-34-36-38-40-42-44-52(65)61-48(49(64)43-41-39-37-35-33-31-16-14-12-10-8-6-4-2)47-71-59-57(70)55(68)58(51(46-63)73-59)74-60-56(69)54(67)53(66)50(45-62)72-60/h5,7,11-14,17-18,20-21,23-24,26-27,33,35,41,43,48-51,53-60,62-64,66-70H,3-4,6,8-10,15-16,19,22,25,28-32,34,36-40,42,44-47H2,1-2H3,(H,61,65)/b7-5-,13-11-,14-12+,18-17-,21-20-,24-23-,27-26-,35-33+,43-41+. The van der Waals surface area contributed by atoms with E-state index in [4.69, 9.17) is 18.9 Å². The van der Waals surface area contributed by atoms with Crippen LogP contribution < -0.4 is 5.32 Å². The Labute approximate surface area is 445 Å². The van der Waals surface area contributed by atoms with Crippen molar-refractivity contribution in [3.63, 3.8) is 0 Å². The number of nitrogens with one attached hydrogen (secondary N) is 1. The molecule has 0 bridgehead atoms. The number of unbranched alkanes of at least 4 members (excludes halogenated alkanes) is 13. The molecule has 1 amide bonds. The number of amides is 1. The predicted molar refractivity (Wildman–Crippen MR) is 295 cm³/mol. The second kappa shape index (κ2) is 44.7. The zero-order valence-electron chi connectivity index (χ0n) is 45.0. The van der Waals surface area contributed by atoms with E-state index in [-0.39, 0.29) is 18.9 Å². The molecule has 2 rings (SSSR count). The van der Waals surface area contributed by atoms with Crippen molar-refractivity contribution in [1.29, 1.82) is 0 Å². The topological polar surface area (TPSA) is 228 Å². The highest BCUT2D eigenvalue weighted by Crippen LogP contribution is 2.30. The average Bonchev–Trinajstić information content (AvgIpc) is 3.40. The van der Waals surface area contributed by atoms with Gasteiger partial charge in [-0.15, -0.1) is 0 Å². The maximum Gasteiger partial charge on any atom is 0.220 e. The van der Waals surface area contributed by atoms with Crippen molar-refractivity contribution in [1.82, 2.24) is 5.32 Å². The summed E-state index contributed by atoms with van der Waals surface area (Å²) in [5.74, 6) is -0.269. The van der Waals surface area contributed by atoms with Gasteiger partial charge >= 0.3 is 0 Å². The summed E-state index contributed by atoms with van der Waals surface area (Å²) < 4.78 is 22.7. The number of ether oxygens (including phenoxy) is 4. The van der Waals surface area contributed by atoms with Crippen LogP contribution in [0.25, 0.3) is 0 Å². The number of carbonyl (C=O) groups excluding carboxylic acids is 1. The van der Waals surface area contributed by atoms with Crippen LogP contribution in [0.2, 0.25) is 0 Å². The third kappa shape index (κ3) is 30.4. The fourth-order valence-electron chi connectivity index (χ4n) is 8.38. The zero-order chi connectivity index (χ0) is 53.9. The first kappa shape index (κ1) is 66.8. The summed E-state index contributed by atoms with van der Waals surface area (Å²) in [5, 5.41) is 86.8. The van der Waals surface area contributed by atoms with Crippen LogP contribution in [0.5, 0.6) is 0 Å². The Bertz CT molecular complexity index is 1650. The van der Waals surface area contributed by atoms with Gasteiger partial charge in [-0.2, -0.15) is 0 Å². The molecule has 0 aromatic heterocycles. The van der Waals surface area contributed by atoms with Crippen LogP contribution in [0, 0.1) is 0 Å². The van der Waals surface area contributed by atoms with Gasteiger partial charge in [-0.3, -0.25) is 4.79 Å². The van der Waals surface area contributed by atoms with Gasteiger partial charge in [0, 0.05) is 6.42 Å². The van der Waals surface area contributed by atoms with Crippen LogP contribution >= 0.6 is 0 Å². The highest BCUT2D eigenvalue weighted by Gasteiger charge is 2.51. The van der Waals surface area contributed by atoms with E-state index in [0.29, 0.717) is 12.8 Å². The minimum atomic E-state index is -1.80. The maximum absolute atomic E-state index is 13.2. The molecule has 2 fully saturated rings. The number of carbonyl (C=O) groups is 1. The number of aliphatic hydroxyl groups excluding tert-OH is 8. The molecule has 0 aromatic carbocycles. The highest BCUT2D eigenvalue weighted by molar-refractivity contribution is 5.76. The Morgan fingerprint density at radius 1 is 0.500 bits per heavy atom. The van der Waals surface area contributed by atoms with Crippen molar-refractivity contribution in [2.24, 2.45) is 0 Å². The summed E-state index contributed by atoms with van der Waals surface area (Å²) in [7, 11) is 0. The molecular formula is C60H99NO13. The van der Waals surface area contributed by atoms with E-state index in [1.54, 1.807) is 6.08 Å². The smallest absolute Gasteiger partial charge is 0.220 e. The summed E-state index contributed by atoms with van der Waals surface area (Å²) in [4.78, 5) is 13.2. The Morgan fingerprint density at radius 3 is 1.49 bits per heavy atom. The van der Waals surface area contributed by atoms with Crippen LogP contribution in [0.15, 0.2) is 109 Å². The molecule has 14 nitrogen and oxygen atoms in total. The molecule has 14 heteroatoms. The normalized spacial score (nSPS) is 26.1. The molecule has 0 aromatic rings. The van der Waals surface area contributed by atoms with E-state index in [1.807, 2.05) is 6.08 Å². The van der Waals surface area contributed by atoms with Gasteiger partial charge in [0.1, 0.15) is 48.8 Å². The summed E-state index contributed by atoms with van der Waals surface area (Å²) in [5.41, 5.74) is 0. The third-order valence-corrected chi connectivity index (χ3v) is 12.9. The molecule has 12 atom stereocenters. The SMILES string of the molecule is CC/C=C\C/C=C\C/C=C\C/C=C\C/C=C\C/C=C\CCCCCCCCCCC(=O)NC(COC1OC(CO)C(OC2OC(CO)C(O)C(O)C2O)C(O)C1O)C(O)/C=C/CC/C=C/CC/C=C/CCCCC. The van der Waals surface area contributed by atoms with E-state index in [9.17, 15) is 45.6 Å². The lowest BCUT2D eigenvalue weighted by molar-refractivity contribution is -0.359. The molecule has 2 aliphatic heterocycles. The Morgan fingerprint density at radius 2 is 0.946 bits per heavy atom. The van der Waals surface area contributed by atoms with Crippen molar-refractivity contribution in [2.45, 2.75) is 242 Å². The van der Waals surface area contributed by atoms with Gasteiger partial charge < -0.3 is 65.1 Å². The third-order valence-electron chi connectivity index (χ3n) is 12.9. The first-order valence-electron chi connectivity index (χ1n) is 28.1. The number of aliphatic hydroxyl groups is 8. The molecule has 12 unspecified atom stereocenters. The largest absolute Gasteiger partial charge is 0.394 e. The summed E-state index contributed by atoms with van der Waals surface area (Å²) in [6.45, 7) is 2.58. The molecule has 2 saturated heterocycles. The Balaban J connectivity index is 1.77. The van der Waals surface area contributed by atoms with Gasteiger partial charge in [-0.1, -0.05) is 175 Å². The summed E-state index contributed by atoms with van der Waals surface area (Å²) in [6.07, 6.45) is 45.5. The number of hydrogen-bond acceptors (Lipinski definition) is 13. The Kier molecular flexibility index (Phi) is 40.4. The van der Waals surface area contributed by atoms with Crippen LogP contribution in [-0.2, 0) is 23.7 Å². The van der Waals surface area contributed by atoms with Gasteiger partial charge in [-0.05, 0) is 96.3 Å². The van der Waals surface area contributed by atoms with Crippen LogP contribution in [0.4, 0.5) is 0 Å². The first-order valence-corrected chi connectivity index (χ1v) is 28.1. The molecule has 0 radical (unpaired) electrons. The summed E-state index contributed by atoms with van der Waals surface area (Å²) >= 11 is 0. The van der Waals surface area contributed by atoms with E-state index in [1.165, 1.54) is 38.5 Å². The lowest BCUT2D eigenvalue weighted by Gasteiger charge is -2.46. The number of allylic oxidation sites excluding steroid dienone is 17. The van der Waals surface area contributed by atoms with Crippen LogP contribution in [-0.4, -0.2) is 140 Å². The minimum absolute atomic E-state index is 0.252. The first-order chi connectivity index (χ1) is 36.1. The lowest BCUT2D eigenvalue weighted by atomic mass is 9.97. The quantitative estimate of drug-likeness (QED) is 0.0206. The highest BCUT2D eigenvalue weighted by atomic mass is 16.7. The second-order valence-corrected chi connectivity index (χ2v) is 19.3. The van der Waals surface area contributed by atoms with Gasteiger partial charge in [0.15, 0.2) is 12.6 Å². The number of hydrogen-bond donors (Lipinski definition) is 9. The zero-order valence-corrected chi connectivity index (χ0v) is 45.0. The van der Waals surface area contributed by atoms with E-state index in [2.05, 4.69) is 116 Å². The second-order valence-electron chi connectivity index (χ2n) is 19.3. The van der Waals surface area contributed by atoms with Gasteiger partial charge in [-0.25, -0.2) is 0 Å². The average molecular weight is 1040 g/mol. The van der Waals surface area contributed by atoms with Crippen molar-refractivity contribution < 1.29 is 64.6 Å². The fourth-order valence-corrected chi connectivity index (χ4v) is 8.38. The van der Waals surface area contributed by atoms with E-state index < -0.39 is 86.8 Å². The van der Waals surface area contributed by atoms with Crippen molar-refractivity contribution in [3.05, 3.63) is 109 Å². The summed E-state index contributed by atoms with van der Waals surface area (Å²) in [6, 6.07) is -0.949. The maximum atomic E-state index is 13.2. The molecule has 0 spiro atoms. The van der Waals surface area contributed by atoms with Crippen molar-refractivity contribution >= 4 is 5.91 Å². The molecule has 74 heavy (non-hydrogen) atoms. The fraction of sp³-hybridized carbons (Fsp3) is 0.683. The molecule has 0 saturated carbocycles. The van der Waals surface area contributed by atoms with Crippen LogP contribution in [0.3, 0.4) is 0 Å². The van der Waals surface area contributed by atoms with E-state index >= 15 is 0 Å². The molecule has 0 aliphatic carbocycles. The molecule has 2 heterocycles. The van der Waals surface area contributed by atoms with Gasteiger partial charge in [0.2, 0.25) is 5.91 Å². The van der Waals surface area contributed by atoms with E-state index in [0.717, 1.165) is 96.3 Å². The minimum Gasteiger partial charge on any atom is -0.394 e. The van der Waals surface area contributed by atoms with Gasteiger partial charge in [0.05, 0.1) is 32.0 Å². The van der Waals surface area contributed by atoms with Crippen molar-refractivity contribution in [2.75, 3.05) is 19.8 Å². The molecule has 9 N–H and O–H groups in total. The lowest BCUT2D eigenvalue weighted by Crippen LogP contribution is -2.65. The molecule has 422 valence electrons. The van der Waals surface area contributed by atoms with Crippen molar-refractivity contribution in [3.8, 4) is 0 Å². The predicted octanol–water partition coefficient (Wildman–Crippen LogP) is 8.88. The molecular weight excluding hydrogens is 943 g/mol.